The van der Waals surface area contributed by atoms with Crippen LogP contribution in [0.25, 0.3) is 0 Å². The minimum atomic E-state index is -1.06. The van der Waals surface area contributed by atoms with E-state index in [1.807, 2.05) is 0 Å². The van der Waals surface area contributed by atoms with Crippen molar-refractivity contribution in [3.05, 3.63) is 0 Å². The van der Waals surface area contributed by atoms with Crippen LogP contribution >= 0.6 is 11.8 Å². The number of hydrogen-bond acceptors (Lipinski definition) is 3. The van der Waals surface area contributed by atoms with Gasteiger partial charge in [0.15, 0.2) is 0 Å². The maximum Gasteiger partial charge on any atom is 0.319 e. The minimum Gasteiger partial charge on any atom is -0.480 e. The standard InChI is InChI=1S/C50H98O4S/c1-5-7-9-11-13-15-17-19-21-23-25-27-29-31-33-35-37-39-41-43-45-49(3,47(51)52)55-50(4,48(53)54)46-44-42-40-38-36-34-32-30-28-26-24-22-20-18-16-14-12-10-8-6-2/h5-46H2,1-4H3,(H,51,52)(H,53,54). The molecule has 0 aromatic heterocycles. The molecule has 2 atom stereocenters. The van der Waals surface area contributed by atoms with Crippen molar-refractivity contribution in [2.75, 3.05) is 0 Å². The molecule has 55 heavy (non-hydrogen) atoms. The Hall–Kier alpha value is -0.710. The lowest BCUT2D eigenvalue weighted by molar-refractivity contribution is -0.139. The number of thioether (sulfide) groups is 1. The van der Waals surface area contributed by atoms with Gasteiger partial charge in [-0.2, -0.15) is 0 Å². The van der Waals surface area contributed by atoms with E-state index in [9.17, 15) is 19.8 Å². The summed E-state index contributed by atoms with van der Waals surface area (Å²) in [5, 5.41) is 20.3. The molecule has 0 amide bonds. The average molecular weight is 795 g/mol. The van der Waals surface area contributed by atoms with Crippen molar-refractivity contribution in [3.8, 4) is 0 Å². The fourth-order valence-electron chi connectivity index (χ4n) is 8.34. The van der Waals surface area contributed by atoms with Crippen LogP contribution in [0.4, 0.5) is 0 Å². The van der Waals surface area contributed by atoms with Gasteiger partial charge in [0.25, 0.3) is 0 Å². The number of aliphatic carboxylic acids is 2. The number of unbranched alkanes of at least 4 members (excludes halogenated alkanes) is 38. The molecule has 0 saturated carbocycles. The quantitative estimate of drug-likeness (QED) is 0.0600. The number of hydrogen-bond donors (Lipinski definition) is 2. The molecule has 5 heteroatoms. The first-order valence-electron chi connectivity index (χ1n) is 24.9. The van der Waals surface area contributed by atoms with E-state index in [2.05, 4.69) is 13.8 Å². The van der Waals surface area contributed by atoms with Crippen molar-refractivity contribution in [2.45, 2.75) is 307 Å². The van der Waals surface area contributed by atoms with Gasteiger partial charge in [0.2, 0.25) is 0 Å². The Morgan fingerprint density at radius 2 is 0.455 bits per heavy atom. The van der Waals surface area contributed by atoms with Gasteiger partial charge in [0.1, 0.15) is 9.49 Å². The van der Waals surface area contributed by atoms with Crippen molar-refractivity contribution < 1.29 is 19.8 Å². The minimum absolute atomic E-state index is 0.536. The van der Waals surface area contributed by atoms with E-state index in [0.717, 1.165) is 38.5 Å². The third-order valence-corrected chi connectivity index (χ3v) is 14.0. The summed E-state index contributed by atoms with van der Waals surface area (Å²) >= 11 is 1.19. The van der Waals surface area contributed by atoms with Crippen LogP contribution in [0.2, 0.25) is 0 Å². The Kier molecular flexibility index (Phi) is 39.6. The van der Waals surface area contributed by atoms with E-state index in [1.165, 1.54) is 230 Å². The molecule has 4 nitrogen and oxygen atoms in total. The second-order valence-corrected chi connectivity index (χ2v) is 20.1. The molecule has 2 unspecified atom stereocenters. The van der Waals surface area contributed by atoms with Crippen LogP contribution in [0.15, 0.2) is 0 Å². The number of carboxylic acid groups (broad SMARTS) is 2. The average Bonchev–Trinajstić information content (AvgIpc) is 3.16. The lowest BCUT2D eigenvalue weighted by atomic mass is 9.99. The number of rotatable bonds is 46. The SMILES string of the molecule is CCCCCCCCCCCCCCCCCCCCCCC(C)(SC(C)(CCCCCCCCCCCCCCCCCCCCCC)C(=O)O)C(=O)O. The lowest BCUT2D eigenvalue weighted by Gasteiger charge is -2.34. The molecule has 0 spiro atoms. The highest BCUT2D eigenvalue weighted by Gasteiger charge is 2.45. The van der Waals surface area contributed by atoms with Crippen LogP contribution in [-0.2, 0) is 9.59 Å². The first-order valence-corrected chi connectivity index (χ1v) is 25.7. The third kappa shape index (κ3) is 35.0. The van der Waals surface area contributed by atoms with E-state index in [1.54, 1.807) is 13.8 Å². The van der Waals surface area contributed by atoms with Gasteiger partial charge in [0, 0.05) is 0 Å². The maximum atomic E-state index is 12.4. The van der Waals surface area contributed by atoms with Crippen molar-refractivity contribution >= 4 is 23.7 Å². The van der Waals surface area contributed by atoms with E-state index in [4.69, 9.17) is 0 Å². The smallest absolute Gasteiger partial charge is 0.319 e. The molecule has 328 valence electrons. The summed E-state index contributed by atoms with van der Waals surface area (Å²) < 4.78 is -2.12. The molecule has 0 aliphatic carbocycles. The van der Waals surface area contributed by atoms with Gasteiger partial charge in [-0.25, -0.2) is 0 Å². The molecule has 0 bridgehead atoms. The van der Waals surface area contributed by atoms with Gasteiger partial charge < -0.3 is 10.2 Å². The van der Waals surface area contributed by atoms with Crippen LogP contribution < -0.4 is 0 Å². The lowest BCUT2D eigenvalue weighted by Crippen LogP contribution is -2.42. The summed E-state index contributed by atoms with van der Waals surface area (Å²) in [7, 11) is 0. The fourth-order valence-corrected chi connectivity index (χ4v) is 10.00. The Morgan fingerprint density at radius 1 is 0.309 bits per heavy atom. The Balaban J connectivity index is 3.87. The summed E-state index contributed by atoms with van der Waals surface area (Å²) in [6.07, 6.45) is 54.1. The number of carboxylic acids is 2. The molecular weight excluding hydrogens is 697 g/mol. The highest BCUT2D eigenvalue weighted by atomic mass is 32.2. The van der Waals surface area contributed by atoms with Crippen molar-refractivity contribution in [2.24, 2.45) is 0 Å². The van der Waals surface area contributed by atoms with Gasteiger partial charge >= 0.3 is 11.9 Å². The van der Waals surface area contributed by atoms with E-state index in [-0.39, 0.29) is 0 Å². The Morgan fingerprint density at radius 3 is 0.600 bits per heavy atom. The summed E-state index contributed by atoms with van der Waals surface area (Å²) in [6, 6.07) is 0. The van der Waals surface area contributed by atoms with Crippen molar-refractivity contribution in [3.63, 3.8) is 0 Å². The molecule has 0 aliphatic heterocycles. The topological polar surface area (TPSA) is 74.6 Å². The zero-order valence-corrected chi connectivity index (χ0v) is 38.6. The molecule has 0 aromatic rings. The van der Waals surface area contributed by atoms with Gasteiger partial charge in [-0.3, -0.25) is 9.59 Å². The van der Waals surface area contributed by atoms with Crippen LogP contribution in [0.3, 0.4) is 0 Å². The van der Waals surface area contributed by atoms with E-state index < -0.39 is 21.4 Å². The Labute approximate surface area is 349 Å². The molecule has 0 saturated heterocycles. The predicted octanol–water partition coefficient (Wildman–Crippen LogP) is 17.8. The van der Waals surface area contributed by atoms with Gasteiger partial charge in [-0.05, 0) is 26.7 Å². The summed E-state index contributed by atoms with van der Waals surface area (Å²) in [5.74, 6) is -1.74. The highest BCUT2D eigenvalue weighted by Crippen LogP contribution is 2.43. The normalized spacial score (nSPS) is 13.9. The van der Waals surface area contributed by atoms with Crippen LogP contribution in [-0.4, -0.2) is 31.6 Å². The second kappa shape index (κ2) is 40.1. The molecule has 0 heterocycles. The largest absolute Gasteiger partial charge is 0.480 e. The maximum absolute atomic E-state index is 12.4. The summed E-state index contributed by atoms with van der Waals surface area (Å²) in [6.45, 7) is 8.09. The second-order valence-electron chi connectivity index (χ2n) is 18.1. The van der Waals surface area contributed by atoms with E-state index in [0.29, 0.717) is 12.8 Å². The van der Waals surface area contributed by atoms with E-state index >= 15 is 0 Å². The molecule has 0 radical (unpaired) electrons. The van der Waals surface area contributed by atoms with Gasteiger partial charge in [0.05, 0.1) is 0 Å². The molecular formula is C50H98O4S. The van der Waals surface area contributed by atoms with Crippen LogP contribution in [0.5, 0.6) is 0 Å². The highest BCUT2D eigenvalue weighted by molar-refractivity contribution is 8.03. The first kappa shape index (κ1) is 54.3. The zero-order chi connectivity index (χ0) is 40.6. The first-order chi connectivity index (χ1) is 26.7. The molecule has 0 aromatic carbocycles. The molecule has 0 rings (SSSR count). The van der Waals surface area contributed by atoms with Gasteiger partial charge in [-0.1, -0.05) is 271 Å². The molecule has 0 fully saturated rings. The zero-order valence-electron chi connectivity index (χ0n) is 37.8. The summed E-state index contributed by atoms with van der Waals surface area (Å²) in [5.41, 5.74) is 0. The van der Waals surface area contributed by atoms with Gasteiger partial charge in [-0.15, -0.1) is 11.8 Å². The van der Waals surface area contributed by atoms with Crippen molar-refractivity contribution in [1.82, 2.24) is 0 Å². The predicted molar refractivity (Wildman–Crippen MR) is 245 cm³/mol. The molecule has 0 aliphatic rings. The van der Waals surface area contributed by atoms with Crippen LogP contribution in [0.1, 0.15) is 297 Å². The molecule has 2 N–H and O–H groups in total. The van der Waals surface area contributed by atoms with Crippen molar-refractivity contribution in [1.29, 1.82) is 0 Å². The third-order valence-electron chi connectivity index (χ3n) is 12.4. The monoisotopic (exact) mass is 795 g/mol. The fraction of sp³-hybridized carbons (Fsp3) is 0.960. The van der Waals surface area contributed by atoms with Crippen LogP contribution in [0, 0.1) is 0 Å². The summed E-state index contributed by atoms with van der Waals surface area (Å²) in [4.78, 5) is 24.8. The Bertz CT molecular complexity index is 767. The number of carbonyl (C=O) groups is 2.